The zero-order valence-corrected chi connectivity index (χ0v) is 22.4. The van der Waals surface area contributed by atoms with Crippen LogP contribution in [0, 0.1) is 6.92 Å². The van der Waals surface area contributed by atoms with Crippen molar-refractivity contribution in [1.82, 2.24) is 4.31 Å². The van der Waals surface area contributed by atoms with Crippen molar-refractivity contribution < 1.29 is 22.7 Å². The van der Waals surface area contributed by atoms with Gasteiger partial charge in [0.15, 0.2) is 11.5 Å². The molecule has 0 spiro atoms. The molecule has 3 aromatic rings. The van der Waals surface area contributed by atoms with Crippen LogP contribution in [0.4, 0.5) is 22.7 Å². The summed E-state index contributed by atoms with van der Waals surface area (Å²) in [6.07, 6.45) is 0. The minimum absolute atomic E-state index is 0.0379. The average molecular weight is 534 g/mol. The van der Waals surface area contributed by atoms with E-state index in [0.29, 0.717) is 16.9 Å². The number of aryl methyl sites for hydroxylation is 1. The van der Waals surface area contributed by atoms with Crippen molar-refractivity contribution in [2.24, 2.45) is 9.98 Å². The van der Waals surface area contributed by atoms with Gasteiger partial charge in [-0.05, 0) is 67.1 Å². The first kappa shape index (κ1) is 26.6. The standard InChI is InChI=1S/C27H27N5O5S/c1-17-16-20(31(2)3)14-15-21(17)29-24(26(33)28-19-12-10-18(11-13-19)27(34)37-5)25-30-22-8-6-7-9-23(22)38(35,36)32(25)4/h6-16H,1-5H3,(H,28,33)/b29-24-. The van der Waals surface area contributed by atoms with Crippen LogP contribution in [0.5, 0.6) is 0 Å². The Bertz CT molecular complexity index is 1580. The zero-order chi connectivity index (χ0) is 27.6. The van der Waals surface area contributed by atoms with Gasteiger partial charge in [-0.2, -0.15) is 0 Å². The SMILES string of the molecule is COC(=O)c1ccc(NC(=O)/C(=N\c2ccc(N(C)C)cc2C)C2=Nc3ccccc3S(=O)(=O)N2C)cc1. The Hall–Kier alpha value is -4.51. The minimum Gasteiger partial charge on any atom is -0.465 e. The predicted octanol–water partition coefficient (Wildman–Crippen LogP) is 3.92. The number of fused-ring (bicyclic) bond motifs is 1. The van der Waals surface area contributed by atoms with Crippen LogP contribution in [0.1, 0.15) is 15.9 Å². The fourth-order valence-corrected chi connectivity index (χ4v) is 5.06. The number of sulfonamides is 1. The molecule has 0 aromatic heterocycles. The third-order valence-electron chi connectivity index (χ3n) is 5.95. The molecule has 0 fully saturated rings. The highest BCUT2D eigenvalue weighted by atomic mass is 32.2. The van der Waals surface area contributed by atoms with Crippen molar-refractivity contribution in [2.45, 2.75) is 11.8 Å². The highest BCUT2D eigenvalue weighted by molar-refractivity contribution is 7.90. The average Bonchev–Trinajstić information content (AvgIpc) is 2.90. The number of hydrogen-bond donors (Lipinski definition) is 1. The smallest absolute Gasteiger partial charge is 0.337 e. The molecule has 11 heteroatoms. The van der Waals surface area contributed by atoms with Gasteiger partial charge in [-0.3, -0.25) is 9.10 Å². The molecule has 0 aliphatic carbocycles. The summed E-state index contributed by atoms with van der Waals surface area (Å²) in [6.45, 7) is 1.85. The summed E-state index contributed by atoms with van der Waals surface area (Å²) < 4.78 is 32.2. The van der Waals surface area contributed by atoms with Gasteiger partial charge in [0.25, 0.3) is 15.9 Å². The van der Waals surface area contributed by atoms with E-state index in [4.69, 9.17) is 4.74 Å². The number of esters is 1. The van der Waals surface area contributed by atoms with Crippen LogP contribution >= 0.6 is 0 Å². The van der Waals surface area contributed by atoms with Crippen molar-refractivity contribution in [3.8, 4) is 0 Å². The molecule has 0 atom stereocenters. The molecule has 1 N–H and O–H groups in total. The molecule has 4 rings (SSSR count). The van der Waals surface area contributed by atoms with Gasteiger partial charge >= 0.3 is 5.97 Å². The van der Waals surface area contributed by atoms with Crippen LogP contribution in [-0.4, -0.2) is 64.4 Å². The third-order valence-corrected chi connectivity index (χ3v) is 7.74. The third kappa shape index (κ3) is 5.14. The fourth-order valence-electron chi connectivity index (χ4n) is 3.78. The molecule has 0 unspecified atom stereocenters. The van der Waals surface area contributed by atoms with E-state index >= 15 is 0 Å². The van der Waals surface area contributed by atoms with Gasteiger partial charge in [0.2, 0.25) is 0 Å². The monoisotopic (exact) mass is 533 g/mol. The van der Waals surface area contributed by atoms with Crippen LogP contribution in [0.25, 0.3) is 0 Å². The minimum atomic E-state index is -3.98. The number of methoxy groups -OCH3 is 1. The number of nitrogens with one attached hydrogen (secondary N) is 1. The van der Waals surface area contributed by atoms with Gasteiger partial charge in [-0.25, -0.2) is 23.2 Å². The van der Waals surface area contributed by atoms with Gasteiger partial charge in [-0.15, -0.1) is 0 Å². The number of para-hydroxylation sites is 1. The first-order chi connectivity index (χ1) is 18.0. The van der Waals surface area contributed by atoms with Crippen LogP contribution in [-0.2, 0) is 19.6 Å². The Labute approximate surface area is 221 Å². The summed E-state index contributed by atoms with van der Waals surface area (Å²) in [5, 5.41) is 2.73. The van der Waals surface area contributed by atoms with E-state index < -0.39 is 21.9 Å². The predicted molar refractivity (Wildman–Crippen MR) is 147 cm³/mol. The fraction of sp³-hybridized carbons (Fsp3) is 0.185. The molecule has 3 aromatic carbocycles. The van der Waals surface area contributed by atoms with E-state index in [1.54, 1.807) is 24.3 Å². The number of amides is 1. The van der Waals surface area contributed by atoms with Gasteiger partial charge in [0, 0.05) is 32.5 Å². The lowest BCUT2D eigenvalue weighted by atomic mass is 10.1. The number of ether oxygens (including phenoxy) is 1. The van der Waals surface area contributed by atoms with Gasteiger partial charge in [0.05, 0.1) is 24.0 Å². The quantitative estimate of drug-likeness (QED) is 0.379. The molecule has 0 saturated heterocycles. The Morgan fingerprint density at radius 2 is 1.71 bits per heavy atom. The Kier molecular flexibility index (Phi) is 7.31. The molecule has 1 heterocycles. The van der Waals surface area contributed by atoms with E-state index in [1.807, 2.05) is 38.1 Å². The highest BCUT2D eigenvalue weighted by Crippen LogP contribution is 2.32. The number of carbonyl (C=O) groups is 2. The topological polar surface area (TPSA) is 121 Å². The Morgan fingerprint density at radius 3 is 2.34 bits per heavy atom. The molecular weight excluding hydrogens is 506 g/mol. The van der Waals surface area contributed by atoms with Crippen LogP contribution in [0.2, 0.25) is 0 Å². The first-order valence-electron chi connectivity index (χ1n) is 11.6. The van der Waals surface area contributed by atoms with Crippen molar-refractivity contribution in [2.75, 3.05) is 38.5 Å². The molecule has 10 nitrogen and oxygen atoms in total. The van der Waals surface area contributed by atoms with E-state index in [0.717, 1.165) is 15.6 Å². The van der Waals surface area contributed by atoms with Gasteiger partial charge in [0.1, 0.15) is 4.90 Å². The summed E-state index contributed by atoms with van der Waals surface area (Å²) in [6, 6.07) is 17.9. The van der Waals surface area contributed by atoms with Crippen molar-refractivity contribution >= 4 is 56.2 Å². The highest BCUT2D eigenvalue weighted by Gasteiger charge is 2.36. The molecule has 196 valence electrons. The van der Waals surface area contributed by atoms with Crippen molar-refractivity contribution in [3.63, 3.8) is 0 Å². The van der Waals surface area contributed by atoms with Gasteiger partial charge < -0.3 is 15.0 Å². The number of aliphatic imine (C=N–C) groups is 2. The summed E-state index contributed by atoms with van der Waals surface area (Å²) in [5.74, 6) is -1.31. The largest absolute Gasteiger partial charge is 0.465 e. The Morgan fingerprint density at radius 1 is 1.03 bits per heavy atom. The lowest BCUT2D eigenvalue weighted by Gasteiger charge is -2.26. The molecule has 0 bridgehead atoms. The first-order valence-corrected chi connectivity index (χ1v) is 13.0. The molecule has 1 amide bonds. The summed E-state index contributed by atoms with van der Waals surface area (Å²) in [4.78, 5) is 36.4. The second kappa shape index (κ2) is 10.5. The van der Waals surface area contributed by atoms with Gasteiger partial charge in [-0.1, -0.05) is 12.1 Å². The molecule has 1 aliphatic rings. The van der Waals surface area contributed by atoms with E-state index in [-0.39, 0.29) is 22.1 Å². The number of anilines is 2. The second-order valence-electron chi connectivity index (χ2n) is 8.72. The number of amidine groups is 1. The Balaban J connectivity index is 1.82. The number of rotatable bonds is 6. The molecule has 38 heavy (non-hydrogen) atoms. The normalized spacial score (nSPS) is 14.3. The maximum absolute atomic E-state index is 13.6. The van der Waals surface area contributed by atoms with Crippen LogP contribution < -0.4 is 10.2 Å². The van der Waals surface area contributed by atoms with E-state index in [9.17, 15) is 18.0 Å². The number of benzene rings is 3. The van der Waals surface area contributed by atoms with E-state index in [2.05, 4.69) is 15.3 Å². The molecule has 0 radical (unpaired) electrons. The molecular formula is C27H27N5O5S. The second-order valence-corrected chi connectivity index (χ2v) is 10.7. The van der Waals surface area contributed by atoms with E-state index in [1.165, 1.54) is 44.5 Å². The summed E-state index contributed by atoms with van der Waals surface area (Å²) >= 11 is 0. The maximum Gasteiger partial charge on any atom is 0.337 e. The number of carbonyl (C=O) groups excluding carboxylic acids is 2. The number of hydrogen-bond acceptors (Lipinski definition) is 8. The van der Waals surface area contributed by atoms with Crippen LogP contribution in [0.3, 0.4) is 0 Å². The maximum atomic E-state index is 13.6. The van der Waals surface area contributed by atoms with Crippen molar-refractivity contribution in [3.05, 3.63) is 77.9 Å². The zero-order valence-electron chi connectivity index (χ0n) is 21.6. The summed E-state index contributed by atoms with van der Waals surface area (Å²) in [5.41, 5.74) is 2.92. The molecule has 1 aliphatic heterocycles. The number of nitrogens with zero attached hydrogens (tertiary/aromatic N) is 4. The van der Waals surface area contributed by atoms with Crippen LogP contribution in [0.15, 0.2) is 81.6 Å². The summed E-state index contributed by atoms with van der Waals surface area (Å²) in [7, 11) is 2.46. The lowest BCUT2D eigenvalue weighted by molar-refractivity contribution is -0.110. The van der Waals surface area contributed by atoms with Crippen molar-refractivity contribution in [1.29, 1.82) is 0 Å². The molecule has 0 saturated carbocycles. The lowest BCUT2D eigenvalue weighted by Crippen LogP contribution is -2.44.